The van der Waals surface area contributed by atoms with Crippen LogP contribution in [0.4, 0.5) is 22.0 Å². The van der Waals surface area contributed by atoms with Gasteiger partial charge in [0.2, 0.25) is 34.8 Å². The third-order valence-electron chi connectivity index (χ3n) is 5.53. The summed E-state index contributed by atoms with van der Waals surface area (Å²) in [6.07, 6.45) is 21.0. The van der Waals surface area contributed by atoms with Crippen molar-refractivity contribution in [2.45, 2.75) is 110 Å². The quantitative estimate of drug-likeness (QED) is 0.0402. The van der Waals surface area contributed by atoms with Crippen molar-refractivity contribution in [1.29, 1.82) is 0 Å². The molecule has 0 atom stereocenters. The Kier molecular flexibility index (Phi) is 15.5. The van der Waals surface area contributed by atoms with E-state index in [0.717, 1.165) is 44.9 Å². The van der Waals surface area contributed by atoms with E-state index < -0.39 is 40.8 Å². The van der Waals surface area contributed by atoms with Gasteiger partial charge in [0.05, 0.1) is 0 Å². The summed E-state index contributed by atoms with van der Waals surface area (Å²) >= 11 is 0. The summed E-state index contributed by atoms with van der Waals surface area (Å²) in [5, 5.41) is 0. The maximum atomic E-state index is 13.5. The maximum absolute atomic E-state index is 13.5. The minimum absolute atomic E-state index is 0.150. The summed E-state index contributed by atoms with van der Waals surface area (Å²) < 4.78 is 70.6. The summed E-state index contributed by atoms with van der Waals surface area (Å²) in [4.78, 5) is 11.7. The molecule has 1 aromatic carbocycles. The first-order valence-electron chi connectivity index (χ1n) is 12.3. The van der Waals surface area contributed by atoms with Crippen molar-refractivity contribution in [3.05, 3.63) is 41.2 Å². The molecule has 0 saturated heterocycles. The number of rotatable bonds is 18. The lowest BCUT2D eigenvalue weighted by atomic mass is 10.1. The largest absolute Gasteiger partial charge is 0.420 e. The highest BCUT2D eigenvalue weighted by Gasteiger charge is 2.28. The van der Waals surface area contributed by atoms with Crippen molar-refractivity contribution in [3.8, 4) is 5.75 Å². The second-order valence-electron chi connectivity index (χ2n) is 8.41. The third-order valence-corrected chi connectivity index (χ3v) is 5.53. The molecule has 33 heavy (non-hydrogen) atoms. The molecule has 1 aromatic rings. The van der Waals surface area contributed by atoms with E-state index in [1.807, 2.05) is 0 Å². The van der Waals surface area contributed by atoms with Gasteiger partial charge in [0, 0.05) is 6.42 Å². The van der Waals surface area contributed by atoms with E-state index in [2.05, 4.69) is 23.8 Å². The van der Waals surface area contributed by atoms with Gasteiger partial charge >= 0.3 is 5.97 Å². The third kappa shape index (κ3) is 11.7. The highest BCUT2D eigenvalue weighted by molar-refractivity contribution is 5.72. The molecule has 0 spiro atoms. The van der Waals surface area contributed by atoms with Crippen molar-refractivity contribution < 1.29 is 31.5 Å². The Labute approximate surface area is 194 Å². The molecule has 0 aromatic heterocycles. The molecule has 0 aliphatic rings. The lowest BCUT2D eigenvalue weighted by Gasteiger charge is -2.08. The number of hydrogen-bond acceptors (Lipinski definition) is 2. The van der Waals surface area contributed by atoms with Gasteiger partial charge in [0.25, 0.3) is 0 Å². The Hall–Kier alpha value is -1.92. The fraction of sp³-hybridized carbons (Fsp3) is 0.654. The van der Waals surface area contributed by atoms with E-state index in [1.165, 1.54) is 44.9 Å². The van der Waals surface area contributed by atoms with Gasteiger partial charge in [-0.3, -0.25) is 4.79 Å². The molecule has 0 amide bonds. The summed E-state index contributed by atoms with van der Waals surface area (Å²) in [7, 11) is 0. The van der Waals surface area contributed by atoms with Crippen LogP contribution in [-0.2, 0) is 4.79 Å². The molecule has 1 rings (SSSR count). The average Bonchev–Trinajstić information content (AvgIpc) is 2.81. The van der Waals surface area contributed by atoms with E-state index in [0.29, 0.717) is 6.42 Å². The highest BCUT2D eigenvalue weighted by Crippen LogP contribution is 2.29. The van der Waals surface area contributed by atoms with Crippen molar-refractivity contribution in [2.24, 2.45) is 0 Å². The van der Waals surface area contributed by atoms with Crippen molar-refractivity contribution in [2.75, 3.05) is 0 Å². The van der Waals surface area contributed by atoms with Crippen LogP contribution < -0.4 is 4.74 Å². The lowest BCUT2D eigenvalue weighted by Crippen LogP contribution is -2.13. The second kappa shape index (κ2) is 17.5. The van der Waals surface area contributed by atoms with E-state index in [4.69, 9.17) is 0 Å². The van der Waals surface area contributed by atoms with E-state index in [1.54, 1.807) is 0 Å². The molecule has 188 valence electrons. The van der Waals surface area contributed by atoms with Gasteiger partial charge in [-0.1, -0.05) is 83.3 Å². The molecule has 2 nitrogen and oxygen atoms in total. The number of esters is 1. The summed E-state index contributed by atoms with van der Waals surface area (Å²) in [5.41, 5.74) is 0. The van der Waals surface area contributed by atoms with Crippen LogP contribution >= 0.6 is 0 Å². The van der Waals surface area contributed by atoms with Crippen LogP contribution in [0.5, 0.6) is 5.75 Å². The number of carbonyl (C=O) groups is 1. The minimum Gasteiger partial charge on any atom is -0.420 e. The van der Waals surface area contributed by atoms with Gasteiger partial charge in [-0.05, 0) is 32.1 Å². The van der Waals surface area contributed by atoms with Crippen LogP contribution in [-0.4, -0.2) is 5.97 Å². The summed E-state index contributed by atoms with van der Waals surface area (Å²) in [6.45, 7) is 2.23. The van der Waals surface area contributed by atoms with Crippen molar-refractivity contribution in [3.63, 3.8) is 0 Å². The first kappa shape index (κ1) is 29.1. The molecule has 0 radical (unpaired) electrons. The van der Waals surface area contributed by atoms with E-state index in [9.17, 15) is 26.7 Å². The monoisotopic (exact) mass is 476 g/mol. The molecule has 0 aliphatic heterocycles. The molecule has 7 heteroatoms. The fourth-order valence-electron chi connectivity index (χ4n) is 3.53. The molecule has 0 aliphatic carbocycles. The van der Waals surface area contributed by atoms with E-state index >= 15 is 0 Å². The van der Waals surface area contributed by atoms with Crippen LogP contribution in [0.1, 0.15) is 110 Å². The molecule has 0 bridgehead atoms. The number of halogens is 5. The van der Waals surface area contributed by atoms with Gasteiger partial charge in [-0.25, -0.2) is 13.2 Å². The van der Waals surface area contributed by atoms with Crippen molar-refractivity contribution >= 4 is 5.97 Å². The molecule has 0 N–H and O–H groups in total. The predicted octanol–water partition coefficient (Wildman–Crippen LogP) is 9.11. The van der Waals surface area contributed by atoms with Crippen LogP contribution in [0.25, 0.3) is 0 Å². The fourth-order valence-corrected chi connectivity index (χ4v) is 3.53. The zero-order valence-electron chi connectivity index (χ0n) is 19.7. The average molecular weight is 477 g/mol. The smallest absolute Gasteiger partial charge is 0.311 e. The number of allylic oxidation sites excluding steroid dienone is 2. The number of unbranched alkanes of at least 4 members (excludes halogenated alkanes) is 13. The number of hydrogen-bond donors (Lipinski definition) is 0. The first-order chi connectivity index (χ1) is 15.9. The SMILES string of the molecule is CCCCCCCCC=CCCCCCCCCCC(=O)Oc1c(F)c(F)c(F)c(F)c1F. The molecule has 0 fully saturated rings. The zero-order valence-corrected chi connectivity index (χ0v) is 19.7. The van der Waals surface area contributed by atoms with E-state index in [-0.39, 0.29) is 6.42 Å². The topological polar surface area (TPSA) is 26.3 Å². The maximum Gasteiger partial charge on any atom is 0.311 e. The van der Waals surface area contributed by atoms with Crippen LogP contribution in [0, 0.1) is 29.1 Å². The number of benzene rings is 1. The number of carbonyl (C=O) groups excluding carboxylic acids is 1. The molecule has 0 heterocycles. The summed E-state index contributed by atoms with van der Waals surface area (Å²) in [5.74, 6) is -13.4. The van der Waals surface area contributed by atoms with Gasteiger partial charge in [0.1, 0.15) is 0 Å². The Bertz CT molecular complexity index is 705. The molecule has 0 saturated carbocycles. The Morgan fingerprint density at radius 1 is 0.606 bits per heavy atom. The van der Waals surface area contributed by atoms with Crippen LogP contribution in [0.3, 0.4) is 0 Å². The minimum atomic E-state index is -2.28. The number of ether oxygens (including phenoxy) is 1. The Balaban J connectivity index is 2.03. The van der Waals surface area contributed by atoms with Gasteiger partial charge in [-0.2, -0.15) is 8.78 Å². The van der Waals surface area contributed by atoms with Gasteiger partial charge in [-0.15, -0.1) is 0 Å². The predicted molar refractivity (Wildman–Crippen MR) is 121 cm³/mol. The van der Waals surface area contributed by atoms with Gasteiger partial charge in [0.15, 0.2) is 0 Å². The van der Waals surface area contributed by atoms with Crippen LogP contribution in [0.15, 0.2) is 12.2 Å². The second-order valence-corrected chi connectivity index (χ2v) is 8.41. The molecular formula is C26H37F5O2. The lowest BCUT2D eigenvalue weighted by molar-refractivity contribution is -0.135. The normalized spacial score (nSPS) is 11.5. The van der Waals surface area contributed by atoms with Gasteiger partial charge < -0.3 is 4.74 Å². The van der Waals surface area contributed by atoms with Crippen LogP contribution in [0.2, 0.25) is 0 Å². The standard InChI is InChI=1S/C26H37F5O2/c1-2-3-4-5-6-7-8-9-10-11-12-13-14-15-16-17-18-19-20(32)33-26-24(30)22(28)21(27)23(29)25(26)31/h9-10H,2-8,11-19H2,1H3. The van der Waals surface area contributed by atoms with Crippen molar-refractivity contribution in [1.82, 2.24) is 0 Å². The summed E-state index contributed by atoms with van der Waals surface area (Å²) in [6, 6.07) is 0. The zero-order chi connectivity index (χ0) is 24.5. The highest BCUT2D eigenvalue weighted by atomic mass is 19.2. The Morgan fingerprint density at radius 3 is 1.48 bits per heavy atom. The Morgan fingerprint density at radius 2 is 1.00 bits per heavy atom. The molecular weight excluding hydrogens is 439 g/mol. The molecule has 0 unspecified atom stereocenters. The first-order valence-corrected chi connectivity index (χ1v) is 12.3.